The molecular formula is C15H11FN4O. The van der Waals surface area contributed by atoms with E-state index in [1.54, 1.807) is 30.6 Å². The number of aromatic nitrogens is 2. The second-order valence-corrected chi connectivity index (χ2v) is 4.45. The normalized spacial score (nSPS) is 10.5. The smallest absolute Gasteiger partial charge is 0.255 e. The summed E-state index contributed by atoms with van der Waals surface area (Å²) in [5.41, 5.74) is 7.93. The molecule has 0 atom stereocenters. The van der Waals surface area contributed by atoms with E-state index in [9.17, 15) is 9.18 Å². The fourth-order valence-electron chi connectivity index (χ4n) is 1.94. The Balaban J connectivity index is 1.91. The Morgan fingerprint density at radius 3 is 2.62 bits per heavy atom. The molecule has 21 heavy (non-hydrogen) atoms. The van der Waals surface area contributed by atoms with Crippen LogP contribution in [0.5, 0.6) is 0 Å². The van der Waals surface area contributed by atoms with Gasteiger partial charge in [0.25, 0.3) is 5.91 Å². The molecule has 1 heterocycles. The van der Waals surface area contributed by atoms with Gasteiger partial charge in [-0.1, -0.05) is 0 Å². The summed E-state index contributed by atoms with van der Waals surface area (Å²) in [7, 11) is 0. The summed E-state index contributed by atoms with van der Waals surface area (Å²) in [6.45, 7) is 0. The lowest BCUT2D eigenvalue weighted by Gasteiger charge is -2.08. The third kappa shape index (κ3) is 2.64. The Hall–Kier alpha value is -3.02. The zero-order chi connectivity index (χ0) is 14.8. The molecule has 0 fully saturated rings. The standard InChI is InChI=1S/C15H11FN4O/c16-10-2-3-11(17)13(8-10)20-15(21)9-1-4-12-14(7-9)19-6-5-18-12/h1-8H,17H2,(H,20,21). The Kier molecular flexibility index (Phi) is 3.19. The van der Waals surface area contributed by atoms with E-state index in [0.29, 0.717) is 22.3 Å². The van der Waals surface area contributed by atoms with Crippen molar-refractivity contribution in [2.75, 3.05) is 11.1 Å². The van der Waals surface area contributed by atoms with Gasteiger partial charge in [-0.25, -0.2) is 4.39 Å². The molecule has 3 aromatic rings. The van der Waals surface area contributed by atoms with Crippen molar-refractivity contribution in [3.63, 3.8) is 0 Å². The van der Waals surface area contributed by atoms with Crippen molar-refractivity contribution < 1.29 is 9.18 Å². The van der Waals surface area contributed by atoms with Gasteiger partial charge < -0.3 is 11.1 Å². The van der Waals surface area contributed by atoms with E-state index in [0.717, 1.165) is 0 Å². The number of nitrogen functional groups attached to an aromatic ring is 1. The van der Waals surface area contributed by atoms with Crippen molar-refractivity contribution in [1.29, 1.82) is 0 Å². The maximum Gasteiger partial charge on any atom is 0.255 e. The molecule has 0 saturated heterocycles. The number of hydrogen-bond acceptors (Lipinski definition) is 4. The van der Waals surface area contributed by atoms with Crippen molar-refractivity contribution >= 4 is 28.3 Å². The molecule has 0 aliphatic heterocycles. The van der Waals surface area contributed by atoms with Crippen molar-refractivity contribution in [3.05, 3.63) is 60.2 Å². The predicted molar refractivity (Wildman–Crippen MR) is 78.3 cm³/mol. The van der Waals surface area contributed by atoms with Gasteiger partial charge in [-0.3, -0.25) is 14.8 Å². The van der Waals surface area contributed by atoms with Crippen LogP contribution in [0, 0.1) is 5.82 Å². The van der Waals surface area contributed by atoms with Crippen LogP contribution in [0.2, 0.25) is 0 Å². The maximum absolute atomic E-state index is 13.2. The van der Waals surface area contributed by atoms with Crippen LogP contribution in [0.4, 0.5) is 15.8 Å². The number of carbonyl (C=O) groups is 1. The minimum atomic E-state index is -0.469. The quantitative estimate of drug-likeness (QED) is 0.708. The highest BCUT2D eigenvalue weighted by Gasteiger charge is 2.10. The molecule has 6 heteroatoms. The summed E-state index contributed by atoms with van der Waals surface area (Å²) in [6, 6.07) is 8.75. The number of nitrogens with zero attached hydrogens (tertiary/aromatic N) is 2. The zero-order valence-electron chi connectivity index (χ0n) is 10.9. The third-order valence-corrected chi connectivity index (χ3v) is 3.00. The Labute approximate surface area is 119 Å². The third-order valence-electron chi connectivity index (χ3n) is 3.00. The van der Waals surface area contributed by atoms with Gasteiger partial charge in [-0.2, -0.15) is 0 Å². The number of hydrogen-bond donors (Lipinski definition) is 2. The summed E-state index contributed by atoms with van der Waals surface area (Å²) < 4.78 is 13.2. The molecule has 1 aromatic heterocycles. The molecule has 3 rings (SSSR count). The highest BCUT2D eigenvalue weighted by molar-refractivity contribution is 6.07. The number of carbonyl (C=O) groups excluding carboxylic acids is 1. The summed E-state index contributed by atoms with van der Waals surface area (Å²) >= 11 is 0. The van der Waals surface area contributed by atoms with E-state index in [-0.39, 0.29) is 11.6 Å². The molecule has 0 bridgehead atoms. The molecule has 0 aliphatic rings. The summed E-state index contributed by atoms with van der Waals surface area (Å²) in [5, 5.41) is 2.58. The van der Waals surface area contributed by atoms with E-state index in [1.165, 1.54) is 18.2 Å². The Bertz CT molecular complexity index is 835. The number of nitrogens with two attached hydrogens (primary N) is 1. The van der Waals surface area contributed by atoms with Crippen LogP contribution in [0.1, 0.15) is 10.4 Å². The van der Waals surface area contributed by atoms with E-state index < -0.39 is 5.82 Å². The summed E-state index contributed by atoms with van der Waals surface area (Å²) in [5.74, 6) is -0.858. The van der Waals surface area contributed by atoms with Gasteiger partial charge in [0.2, 0.25) is 0 Å². The monoisotopic (exact) mass is 282 g/mol. The number of halogens is 1. The fourth-order valence-corrected chi connectivity index (χ4v) is 1.94. The van der Waals surface area contributed by atoms with Gasteiger partial charge in [-0.15, -0.1) is 0 Å². The number of rotatable bonds is 2. The lowest BCUT2D eigenvalue weighted by atomic mass is 10.1. The first-order valence-corrected chi connectivity index (χ1v) is 6.20. The first-order valence-electron chi connectivity index (χ1n) is 6.20. The van der Waals surface area contributed by atoms with Crippen molar-refractivity contribution in [1.82, 2.24) is 9.97 Å². The highest BCUT2D eigenvalue weighted by Crippen LogP contribution is 2.20. The minimum Gasteiger partial charge on any atom is -0.397 e. The maximum atomic E-state index is 13.2. The second kappa shape index (κ2) is 5.16. The SMILES string of the molecule is Nc1ccc(F)cc1NC(=O)c1ccc2nccnc2c1. The predicted octanol–water partition coefficient (Wildman–Crippen LogP) is 2.60. The molecule has 0 unspecified atom stereocenters. The van der Waals surface area contributed by atoms with Crippen LogP contribution in [-0.4, -0.2) is 15.9 Å². The van der Waals surface area contributed by atoms with E-state index in [1.807, 2.05) is 0 Å². The van der Waals surface area contributed by atoms with Crippen LogP contribution < -0.4 is 11.1 Å². The molecule has 3 N–H and O–H groups in total. The first-order chi connectivity index (χ1) is 10.1. The summed E-state index contributed by atoms with van der Waals surface area (Å²) in [4.78, 5) is 20.4. The first kappa shape index (κ1) is 13.0. The molecule has 1 amide bonds. The average Bonchev–Trinajstić information content (AvgIpc) is 2.50. The van der Waals surface area contributed by atoms with Crippen LogP contribution in [0.15, 0.2) is 48.8 Å². The Morgan fingerprint density at radius 1 is 1.05 bits per heavy atom. The van der Waals surface area contributed by atoms with Gasteiger partial charge in [0.15, 0.2) is 0 Å². The van der Waals surface area contributed by atoms with Crippen LogP contribution in [0.25, 0.3) is 11.0 Å². The average molecular weight is 282 g/mol. The number of anilines is 2. The molecule has 0 radical (unpaired) electrons. The Morgan fingerprint density at radius 2 is 1.81 bits per heavy atom. The van der Waals surface area contributed by atoms with Gasteiger partial charge in [0.1, 0.15) is 5.82 Å². The van der Waals surface area contributed by atoms with Gasteiger partial charge in [-0.05, 0) is 36.4 Å². The number of benzene rings is 2. The molecule has 5 nitrogen and oxygen atoms in total. The highest BCUT2D eigenvalue weighted by atomic mass is 19.1. The largest absolute Gasteiger partial charge is 0.397 e. The van der Waals surface area contributed by atoms with Crippen LogP contribution in [-0.2, 0) is 0 Å². The number of nitrogens with one attached hydrogen (secondary N) is 1. The molecule has 104 valence electrons. The molecule has 0 saturated carbocycles. The molecule has 2 aromatic carbocycles. The van der Waals surface area contributed by atoms with E-state index in [2.05, 4.69) is 15.3 Å². The van der Waals surface area contributed by atoms with E-state index >= 15 is 0 Å². The number of fused-ring (bicyclic) bond motifs is 1. The minimum absolute atomic E-state index is 0.235. The topological polar surface area (TPSA) is 80.9 Å². The molecular weight excluding hydrogens is 271 g/mol. The van der Waals surface area contributed by atoms with Gasteiger partial charge >= 0.3 is 0 Å². The number of amides is 1. The summed E-state index contributed by atoms with van der Waals surface area (Å²) in [6.07, 6.45) is 3.13. The van der Waals surface area contributed by atoms with Crippen molar-refractivity contribution in [3.8, 4) is 0 Å². The zero-order valence-corrected chi connectivity index (χ0v) is 10.9. The van der Waals surface area contributed by atoms with Gasteiger partial charge in [0, 0.05) is 18.0 Å². The second-order valence-electron chi connectivity index (χ2n) is 4.45. The van der Waals surface area contributed by atoms with Crippen LogP contribution >= 0.6 is 0 Å². The van der Waals surface area contributed by atoms with E-state index in [4.69, 9.17) is 5.73 Å². The van der Waals surface area contributed by atoms with Crippen molar-refractivity contribution in [2.45, 2.75) is 0 Å². The molecule has 0 spiro atoms. The lowest BCUT2D eigenvalue weighted by molar-refractivity contribution is 0.102. The fraction of sp³-hybridized carbons (Fsp3) is 0. The lowest BCUT2D eigenvalue weighted by Crippen LogP contribution is -2.13. The van der Waals surface area contributed by atoms with Crippen molar-refractivity contribution in [2.24, 2.45) is 0 Å². The molecule has 0 aliphatic carbocycles. The van der Waals surface area contributed by atoms with Crippen LogP contribution in [0.3, 0.4) is 0 Å². The van der Waals surface area contributed by atoms with Gasteiger partial charge in [0.05, 0.1) is 22.4 Å².